The lowest BCUT2D eigenvalue weighted by atomic mass is 10.2. The molecule has 2 aromatic rings. The van der Waals surface area contributed by atoms with Gasteiger partial charge in [-0.15, -0.1) is 0 Å². The zero-order valence-corrected chi connectivity index (χ0v) is 11.9. The van der Waals surface area contributed by atoms with Crippen LogP contribution in [0, 0.1) is 5.41 Å². The summed E-state index contributed by atoms with van der Waals surface area (Å²) in [5.74, 6) is 1.25. The fourth-order valence-electron chi connectivity index (χ4n) is 1.73. The standard InChI is InChI=1S/C13H16ClN5O/c1-2-5-19-12(17-8-18-19)7-20-11-4-3-9(13(15)16)6-10(11)14/h3-4,6,8H,2,5,7H2,1H3,(H3,15,16). The Labute approximate surface area is 122 Å². The number of benzene rings is 1. The van der Waals surface area contributed by atoms with Crippen LogP contribution in [-0.2, 0) is 13.2 Å². The van der Waals surface area contributed by atoms with Gasteiger partial charge in [0.05, 0.1) is 5.02 Å². The molecule has 0 fully saturated rings. The molecule has 0 unspecified atom stereocenters. The summed E-state index contributed by atoms with van der Waals surface area (Å²) in [7, 11) is 0. The molecule has 0 aliphatic carbocycles. The minimum atomic E-state index is -0.0267. The molecule has 3 N–H and O–H groups in total. The van der Waals surface area contributed by atoms with Crippen molar-refractivity contribution < 1.29 is 4.74 Å². The molecule has 0 saturated heterocycles. The van der Waals surface area contributed by atoms with Crippen LogP contribution in [0.3, 0.4) is 0 Å². The molecule has 106 valence electrons. The number of nitrogens with zero attached hydrogens (tertiary/aromatic N) is 3. The molecule has 7 heteroatoms. The van der Waals surface area contributed by atoms with Gasteiger partial charge in [-0.3, -0.25) is 5.41 Å². The first-order valence-electron chi connectivity index (χ1n) is 6.25. The van der Waals surface area contributed by atoms with E-state index in [1.807, 2.05) is 0 Å². The molecule has 0 aliphatic rings. The van der Waals surface area contributed by atoms with E-state index in [1.165, 1.54) is 6.33 Å². The first-order chi connectivity index (χ1) is 9.61. The summed E-state index contributed by atoms with van der Waals surface area (Å²) in [6.07, 6.45) is 2.49. The summed E-state index contributed by atoms with van der Waals surface area (Å²) in [6.45, 7) is 3.17. The van der Waals surface area contributed by atoms with Gasteiger partial charge in [0.25, 0.3) is 0 Å². The van der Waals surface area contributed by atoms with Gasteiger partial charge < -0.3 is 10.5 Å². The van der Waals surface area contributed by atoms with E-state index >= 15 is 0 Å². The quantitative estimate of drug-likeness (QED) is 0.631. The molecule has 1 heterocycles. The van der Waals surface area contributed by atoms with Crippen molar-refractivity contribution in [2.24, 2.45) is 5.73 Å². The van der Waals surface area contributed by atoms with Gasteiger partial charge >= 0.3 is 0 Å². The molecule has 0 atom stereocenters. The van der Waals surface area contributed by atoms with Gasteiger partial charge in [0.1, 0.15) is 24.5 Å². The highest BCUT2D eigenvalue weighted by Gasteiger charge is 2.08. The number of aryl methyl sites for hydroxylation is 1. The number of hydrogen-bond acceptors (Lipinski definition) is 4. The monoisotopic (exact) mass is 293 g/mol. The van der Waals surface area contributed by atoms with Crippen LogP contribution < -0.4 is 10.5 Å². The molecule has 20 heavy (non-hydrogen) atoms. The van der Waals surface area contributed by atoms with Crippen molar-refractivity contribution in [3.05, 3.63) is 40.9 Å². The van der Waals surface area contributed by atoms with Gasteiger partial charge in [-0.1, -0.05) is 18.5 Å². The van der Waals surface area contributed by atoms with Gasteiger partial charge in [0, 0.05) is 12.1 Å². The van der Waals surface area contributed by atoms with Gasteiger partial charge in [-0.25, -0.2) is 9.67 Å². The molecular weight excluding hydrogens is 278 g/mol. The van der Waals surface area contributed by atoms with Gasteiger partial charge in [0.15, 0.2) is 5.82 Å². The van der Waals surface area contributed by atoms with Crippen molar-refractivity contribution in [2.45, 2.75) is 26.5 Å². The predicted molar refractivity (Wildman–Crippen MR) is 77.1 cm³/mol. The van der Waals surface area contributed by atoms with Gasteiger partial charge in [-0.2, -0.15) is 5.10 Å². The number of halogens is 1. The van der Waals surface area contributed by atoms with Gasteiger partial charge in [0.2, 0.25) is 0 Å². The van der Waals surface area contributed by atoms with E-state index < -0.39 is 0 Å². The Balaban J connectivity index is 2.07. The number of aromatic nitrogens is 3. The number of ether oxygens (including phenoxy) is 1. The number of nitrogen functional groups attached to an aromatic ring is 1. The lowest BCUT2D eigenvalue weighted by Crippen LogP contribution is -2.11. The Bertz CT molecular complexity index is 611. The molecule has 0 spiro atoms. The van der Waals surface area contributed by atoms with Crippen LogP contribution in [0.15, 0.2) is 24.5 Å². The highest BCUT2D eigenvalue weighted by Crippen LogP contribution is 2.26. The van der Waals surface area contributed by atoms with Crippen molar-refractivity contribution in [3.8, 4) is 5.75 Å². The zero-order chi connectivity index (χ0) is 14.5. The molecule has 0 aliphatic heterocycles. The minimum absolute atomic E-state index is 0.0267. The maximum Gasteiger partial charge on any atom is 0.164 e. The van der Waals surface area contributed by atoms with E-state index in [-0.39, 0.29) is 5.84 Å². The summed E-state index contributed by atoms with van der Waals surface area (Å²) in [5, 5.41) is 11.9. The average Bonchev–Trinajstić information content (AvgIpc) is 2.85. The van der Waals surface area contributed by atoms with Crippen LogP contribution in [0.4, 0.5) is 0 Å². The predicted octanol–water partition coefficient (Wildman–Crippen LogP) is 2.20. The van der Waals surface area contributed by atoms with Crippen molar-refractivity contribution >= 4 is 17.4 Å². The molecule has 0 amide bonds. The smallest absolute Gasteiger partial charge is 0.164 e. The van der Waals surface area contributed by atoms with Crippen LogP contribution in [0.1, 0.15) is 24.7 Å². The van der Waals surface area contributed by atoms with Crippen LogP contribution in [0.2, 0.25) is 5.02 Å². The molecule has 0 bridgehead atoms. The van der Waals surface area contributed by atoms with Crippen LogP contribution >= 0.6 is 11.6 Å². The Morgan fingerprint density at radius 1 is 1.50 bits per heavy atom. The van der Waals surface area contributed by atoms with Crippen LogP contribution in [0.25, 0.3) is 0 Å². The van der Waals surface area contributed by atoms with Crippen molar-refractivity contribution in [1.29, 1.82) is 5.41 Å². The zero-order valence-electron chi connectivity index (χ0n) is 11.1. The fourth-order valence-corrected chi connectivity index (χ4v) is 1.96. The maximum absolute atomic E-state index is 7.35. The molecule has 0 radical (unpaired) electrons. The molecular formula is C13H16ClN5O. The average molecular weight is 294 g/mol. The Hall–Kier alpha value is -2.08. The Morgan fingerprint density at radius 2 is 2.30 bits per heavy atom. The van der Waals surface area contributed by atoms with Crippen LogP contribution in [0.5, 0.6) is 5.75 Å². The minimum Gasteiger partial charge on any atom is -0.484 e. The summed E-state index contributed by atoms with van der Waals surface area (Å²) in [5.41, 5.74) is 5.97. The number of amidine groups is 1. The van der Waals surface area contributed by atoms with E-state index in [2.05, 4.69) is 17.0 Å². The topological polar surface area (TPSA) is 89.8 Å². The lowest BCUT2D eigenvalue weighted by molar-refractivity contribution is 0.286. The largest absolute Gasteiger partial charge is 0.484 e. The molecule has 0 saturated carbocycles. The SMILES string of the molecule is CCCn1ncnc1COc1ccc(C(=N)N)cc1Cl. The van der Waals surface area contributed by atoms with E-state index in [1.54, 1.807) is 22.9 Å². The highest BCUT2D eigenvalue weighted by molar-refractivity contribution is 6.32. The lowest BCUT2D eigenvalue weighted by Gasteiger charge is -2.09. The number of nitrogens with two attached hydrogens (primary N) is 1. The molecule has 6 nitrogen and oxygen atoms in total. The second kappa shape index (κ2) is 6.38. The normalized spacial score (nSPS) is 10.5. The van der Waals surface area contributed by atoms with E-state index in [0.717, 1.165) is 18.8 Å². The number of hydrogen-bond donors (Lipinski definition) is 2. The third-order valence-corrected chi connectivity index (χ3v) is 3.03. The Kier molecular flexibility index (Phi) is 4.57. The number of rotatable bonds is 6. The third-order valence-electron chi connectivity index (χ3n) is 2.73. The van der Waals surface area contributed by atoms with Gasteiger partial charge in [-0.05, 0) is 24.6 Å². The van der Waals surface area contributed by atoms with Crippen molar-refractivity contribution in [2.75, 3.05) is 0 Å². The van der Waals surface area contributed by atoms with Crippen molar-refractivity contribution in [1.82, 2.24) is 14.8 Å². The summed E-state index contributed by atoms with van der Waals surface area (Å²) >= 11 is 6.09. The third kappa shape index (κ3) is 3.27. The molecule has 1 aromatic heterocycles. The van der Waals surface area contributed by atoms with E-state index in [4.69, 9.17) is 27.5 Å². The summed E-state index contributed by atoms with van der Waals surface area (Å²) in [6, 6.07) is 5.00. The first kappa shape index (κ1) is 14.3. The first-order valence-corrected chi connectivity index (χ1v) is 6.63. The maximum atomic E-state index is 7.35. The molecule has 1 aromatic carbocycles. The summed E-state index contributed by atoms with van der Waals surface area (Å²) in [4.78, 5) is 4.15. The highest BCUT2D eigenvalue weighted by atomic mass is 35.5. The second-order valence-electron chi connectivity index (χ2n) is 4.25. The fraction of sp³-hybridized carbons (Fsp3) is 0.308. The second-order valence-corrected chi connectivity index (χ2v) is 4.65. The van der Waals surface area contributed by atoms with E-state index in [0.29, 0.717) is 22.9 Å². The van der Waals surface area contributed by atoms with E-state index in [9.17, 15) is 0 Å². The molecule has 2 rings (SSSR count). The Morgan fingerprint density at radius 3 is 2.95 bits per heavy atom. The summed E-state index contributed by atoms with van der Waals surface area (Å²) < 4.78 is 7.44. The van der Waals surface area contributed by atoms with Crippen LogP contribution in [-0.4, -0.2) is 20.6 Å². The van der Waals surface area contributed by atoms with Crippen molar-refractivity contribution in [3.63, 3.8) is 0 Å². The number of nitrogens with one attached hydrogen (secondary N) is 1.